The maximum atomic E-state index is 12.7. The van der Waals surface area contributed by atoms with Gasteiger partial charge in [-0.2, -0.15) is 0 Å². The molecule has 4 rings (SSSR count). The standard InChI is InChI=1S/C27H32N2O10/c1-6-13-28-26(33)38-22-20(31)25(39-27(23(22)34-4)11-7-8-12-27)36-17-10-9-16-19(30)18(15(3)29-35-5)24(32)37-21(16)14(17)2/h1,9-10,20,22-23,25,30-31H,7-8,11-13H2,2-5H3,(H,28,33)/b29-15+. The minimum atomic E-state index is -1.44. The second kappa shape index (κ2) is 11.5. The van der Waals surface area contributed by atoms with E-state index in [9.17, 15) is 19.8 Å². The molecule has 2 heterocycles. The van der Waals surface area contributed by atoms with Crippen molar-refractivity contribution in [1.29, 1.82) is 0 Å². The average Bonchev–Trinajstić information content (AvgIpc) is 3.36. The van der Waals surface area contributed by atoms with Gasteiger partial charge in [0.2, 0.25) is 6.29 Å². The molecule has 1 aliphatic carbocycles. The van der Waals surface area contributed by atoms with E-state index in [4.69, 9.17) is 34.6 Å². The second-order valence-electron chi connectivity index (χ2n) is 9.49. The number of terminal acetylenes is 1. The number of fused-ring (bicyclic) bond motifs is 1. The molecule has 1 spiro atoms. The van der Waals surface area contributed by atoms with Crippen molar-refractivity contribution in [2.45, 2.75) is 69.7 Å². The molecule has 1 saturated heterocycles. The maximum absolute atomic E-state index is 12.7. The van der Waals surface area contributed by atoms with Gasteiger partial charge in [0, 0.05) is 12.7 Å². The number of hydrogen-bond donors (Lipinski definition) is 3. The van der Waals surface area contributed by atoms with Gasteiger partial charge in [-0.25, -0.2) is 9.59 Å². The fraction of sp³-hybridized carbons (Fsp3) is 0.519. The summed E-state index contributed by atoms with van der Waals surface area (Å²) in [7, 11) is 2.79. The predicted octanol–water partition coefficient (Wildman–Crippen LogP) is 2.33. The molecule has 1 saturated carbocycles. The molecule has 39 heavy (non-hydrogen) atoms. The van der Waals surface area contributed by atoms with Crippen LogP contribution in [0.3, 0.4) is 0 Å². The van der Waals surface area contributed by atoms with Crippen LogP contribution in [0.25, 0.3) is 11.0 Å². The van der Waals surface area contributed by atoms with E-state index in [1.807, 2.05) is 0 Å². The number of ether oxygens (including phenoxy) is 4. The van der Waals surface area contributed by atoms with Gasteiger partial charge in [-0.15, -0.1) is 6.42 Å². The minimum absolute atomic E-state index is 0.0479. The van der Waals surface area contributed by atoms with Crippen LogP contribution in [0.15, 0.2) is 26.5 Å². The van der Waals surface area contributed by atoms with Crippen LogP contribution < -0.4 is 15.7 Å². The number of aromatic hydroxyl groups is 1. The monoisotopic (exact) mass is 544 g/mol. The van der Waals surface area contributed by atoms with E-state index in [1.54, 1.807) is 13.0 Å². The molecule has 1 aromatic carbocycles. The molecular weight excluding hydrogens is 512 g/mol. The summed E-state index contributed by atoms with van der Waals surface area (Å²) in [6.07, 6.45) is 2.74. The summed E-state index contributed by atoms with van der Waals surface area (Å²) in [6.45, 7) is 3.09. The third kappa shape index (κ3) is 5.25. The molecule has 2 aliphatic rings. The highest BCUT2D eigenvalue weighted by Crippen LogP contribution is 2.45. The third-order valence-corrected chi connectivity index (χ3v) is 7.15. The Morgan fingerprint density at radius 3 is 2.67 bits per heavy atom. The lowest BCUT2D eigenvalue weighted by molar-refractivity contribution is -0.313. The van der Waals surface area contributed by atoms with Crippen LogP contribution in [0.1, 0.15) is 43.7 Å². The fourth-order valence-corrected chi connectivity index (χ4v) is 5.36. The number of nitrogens with one attached hydrogen (secondary N) is 1. The van der Waals surface area contributed by atoms with Crippen molar-refractivity contribution in [2.24, 2.45) is 5.16 Å². The van der Waals surface area contributed by atoms with Crippen molar-refractivity contribution in [1.82, 2.24) is 5.32 Å². The first-order valence-corrected chi connectivity index (χ1v) is 12.5. The van der Waals surface area contributed by atoms with Crippen molar-refractivity contribution in [2.75, 3.05) is 20.8 Å². The largest absolute Gasteiger partial charge is 0.506 e. The molecule has 4 unspecified atom stereocenters. The molecule has 12 nitrogen and oxygen atoms in total. The van der Waals surface area contributed by atoms with E-state index >= 15 is 0 Å². The van der Waals surface area contributed by atoms with E-state index in [1.165, 1.54) is 27.2 Å². The Kier molecular flexibility index (Phi) is 8.34. The summed E-state index contributed by atoms with van der Waals surface area (Å²) in [5.74, 6) is 2.20. The summed E-state index contributed by atoms with van der Waals surface area (Å²) in [5.41, 5.74) is -1.19. The second-order valence-corrected chi connectivity index (χ2v) is 9.49. The van der Waals surface area contributed by atoms with Crippen molar-refractivity contribution in [3.63, 3.8) is 0 Å². The number of carbonyl (C=O) groups is 1. The number of aryl methyl sites for hydroxylation is 1. The number of alkyl carbamates (subject to hydrolysis) is 1. The van der Waals surface area contributed by atoms with Crippen molar-refractivity contribution < 1.29 is 43.2 Å². The number of nitrogens with zero attached hydrogens (tertiary/aromatic N) is 1. The molecule has 1 aromatic heterocycles. The lowest BCUT2D eigenvalue weighted by Crippen LogP contribution is -2.66. The molecule has 4 atom stereocenters. The van der Waals surface area contributed by atoms with Crippen LogP contribution in [0.4, 0.5) is 4.79 Å². The molecule has 2 aromatic rings. The lowest BCUT2D eigenvalue weighted by atomic mass is 9.85. The van der Waals surface area contributed by atoms with Crippen LogP contribution in [0, 0.1) is 19.3 Å². The molecule has 12 heteroatoms. The summed E-state index contributed by atoms with van der Waals surface area (Å²) in [6, 6.07) is 3.07. The number of aliphatic hydroxyl groups excluding tert-OH is 1. The molecule has 210 valence electrons. The van der Waals surface area contributed by atoms with Gasteiger partial charge in [-0.3, -0.25) is 0 Å². The maximum Gasteiger partial charge on any atom is 0.408 e. The quantitative estimate of drug-likeness (QED) is 0.204. The lowest BCUT2D eigenvalue weighted by Gasteiger charge is -2.49. The summed E-state index contributed by atoms with van der Waals surface area (Å²) in [4.78, 5) is 29.8. The Hall–Kier alpha value is -3.79. The highest BCUT2D eigenvalue weighted by molar-refractivity contribution is 6.04. The zero-order chi connectivity index (χ0) is 28.3. The zero-order valence-electron chi connectivity index (χ0n) is 22.2. The van der Waals surface area contributed by atoms with E-state index in [-0.39, 0.29) is 40.3 Å². The van der Waals surface area contributed by atoms with E-state index in [2.05, 4.69) is 16.4 Å². The number of amides is 1. The van der Waals surface area contributed by atoms with Gasteiger partial charge in [0.25, 0.3) is 0 Å². The third-order valence-electron chi connectivity index (χ3n) is 7.15. The Labute approximate surface area is 224 Å². The van der Waals surface area contributed by atoms with Gasteiger partial charge < -0.3 is 43.7 Å². The molecule has 1 amide bonds. The molecule has 0 radical (unpaired) electrons. The molecule has 2 fully saturated rings. The van der Waals surface area contributed by atoms with Gasteiger partial charge in [0.1, 0.15) is 41.5 Å². The smallest absolute Gasteiger partial charge is 0.408 e. The normalized spacial score (nSPS) is 24.4. The van der Waals surface area contributed by atoms with Crippen LogP contribution in [0.5, 0.6) is 11.5 Å². The number of aliphatic hydroxyl groups is 1. The van der Waals surface area contributed by atoms with Crippen LogP contribution >= 0.6 is 0 Å². The van der Waals surface area contributed by atoms with Crippen molar-refractivity contribution in [3.8, 4) is 23.8 Å². The summed E-state index contributed by atoms with van der Waals surface area (Å²) in [5, 5.41) is 28.4. The fourth-order valence-electron chi connectivity index (χ4n) is 5.36. The van der Waals surface area contributed by atoms with Crippen molar-refractivity contribution >= 4 is 22.8 Å². The predicted molar refractivity (Wildman–Crippen MR) is 139 cm³/mol. The van der Waals surface area contributed by atoms with Gasteiger partial charge in [-0.05, 0) is 38.8 Å². The van der Waals surface area contributed by atoms with Gasteiger partial charge >= 0.3 is 11.7 Å². The molecule has 0 bridgehead atoms. The van der Waals surface area contributed by atoms with Crippen LogP contribution in [-0.2, 0) is 19.0 Å². The van der Waals surface area contributed by atoms with Crippen LogP contribution in [0.2, 0.25) is 0 Å². The highest BCUT2D eigenvalue weighted by Gasteiger charge is 2.58. The number of hydrogen-bond acceptors (Lipinski definition) is 11. The van der Waals surface area contributed by atoms with E-state index in [0.29, 0.717) is 18.4 Å². The van der Waals surface area contributed by atoms with E-state index < -0.39 is 41.9 Å². The first-order valence-electron chi connectivity index (χ1n) is 12.5. The van der Waals surface area contributed by atoms with Crippen LogP contribution in [-0.4, -0.2) is 73.0 Å². The molecule has 1 aliphatic heterocycles. The summed E-state index contributed by atoms with van der Waals surface area (Å²) < 4.78 is 29.2. The average molecular weight is 545 g/mol. The highest BCUT2D eigenvalue weighted by atomic mass is 16.7. The van der Waals surface area contributed by atoms with Gasteiger partial charge in [0.05, 0.1) is 17.6 Å². The Bertz CT molecular complexity index is 1360. The Morgan fingerprint density at radius 1 is 1.31 bits per heavy atom. The number of carbonyl (C=O) groups excluding carboxylic acids is 1. The minimum Gasteiger partial charge on any atom is -0.506 e. The van der Waals surface area contributed by atoms with E-state index in [0.717, 1.165) is 12.8 Å². The number of benzene rings is 1. The zero-order valence-corrected chi connectivity index (χ0v) is 22.2. The van der Waals surface area contributed by atoms with Gasteiger partial charge in [0.15, 0.2) is 12.2 Å². The van der Waals surface area contributed by atoms with Crippen molar-refractivity contribution in [3.05, 3.63) is 33.7 Å². The van der Waals surface area contributed by atoms with Gasteiger partial charge in [-0.1, -0.05) is 23.9 Å². The summed E-state index contributed by atoms with van der Waals surface area (Å²) >= 11 is 0. The number of methoxy groups -OCH3 is 1. The first-order chi connectivity index (χ1) is 18.7. The molecule has 3 N–H and O–H groups in total. The number of rotatable bonds is 7. The Balaban J connectivity index is 1.70. The molecular formula is C27H32N2O10. The first kappa shape index (κ1) is 28.2. The topological polar surface area (TPSA) is 158 Å². The number of oxime groups is 1. The SMILES string of the molecule is C#CCNC(=O)OC1C(O)C(Oc2ccc3c(O)c(/C(C)=N/OC)c(=O)oc3c2C)OC2(CCCC2)C1OC. The Morgan fingerprint density at radius 2 is 2.03 bits per heavy atom.